The van der Waals surface area contributed by atoms with E-state index in [0.717, 1.165) is 11.8 Å². The number of hydrogen-bond acceptors (Lipinski definition) is 5. The van der Waals surface area contributed by atoms with E-state index in [0.29, 0.717) is 18.6 Å². The maximum atomic E-state index is 12.8. The monoisotopic (exact) mass is 375 g/mol. The number of phenolic OH excluding ortho intramolecular Hbond substituents is 1. The van der Waals surface area contributed by atoms with E-state index in [1.807, 2.05) is 0 Å². The smallest absolute Gasteiger partial charge is 0.256 e. The zero-order valence-electron chi connectivity index (χ0n) is 14.7. The molecule has 1 aliphatic heterocycles. The van der Waals surface area contributed by atoms with Crippen LogP contribution in [0, 0.1) is 6.92 Å². The second kappa shape index (κ2) is 6.74. The fourth-order valence-corrected chi connectivity index (χ4v) is 3.84. The van der Waals surface area contributed by atoms with Crippen LogP contribution in [-0.4, -0.2) is 38.9 Å². The first-order valence-electron chi connectivity index (χ1n) is 8.22. The number of carbonyl (C=O) groups is 1. The number of carbonyl (C=O) groups excluding carboxylic acids is 1. The molecule has 6 nitrogen and oxygen atoms in total. The predicted octanol–water partition coefficient (Wildman–Crippen LogP) is 2.15. The molecule has 3 rings (SSSR count). The molecule has 1 aliphatic rings. The minimum absolute atomic E-state index is 0.0796. The van der Waals surface area contributed by atoms with Crippen LogP contribution in [0.3, 0.4) is 0 Å². The van der Waals surface area contributed by atoms with Gasteiger partial charge in [0.2, 0.25) is 0 Å². The number of sulfone groups is 1. The Balaban J connectivity index is 1.95. The lowest BCUT2D eigenvalue weighted by Gasteiger charge is -2.30. The number of phenols is 1. The molecule has 1 saturated heterocycles. The van der Waals surface area contributed by atoms with Crippen LogP contribution in [0.2, 0.25) is 0 Å². The van der Waals surface area contributed by atoms with Gasteiger partial charge in [-0.3, -0.25) is 4.79 Å². The molecule has 2 N–H and O–H groups in total. The van der Waals surface area contributed by atoms with Crippen molar-refractivity contribution in [2.24, 2.45) is 0 Å². The van der Waals surface area contributed by atoms with Gasteiger partial charge in [0.15, 0.2) is 9.84 Å². The van der Waals surface area contributed by atoms with Gasteiger partial charge in [-0.05, 0) is 36.2 Å². The standard InChI is InChI=1S/C19H21NO5S/c1-13-4-3-5-16(21)17(13)18(22)20-19(10-11-25-12-19)14-6-8-15(9-7-14)26(2,23)24/h3-9,21H,10-12H2,1-2H3,(H,20,22). The summed E-state index contributed by atoms with van der Waals surface area (Å²) in [5.41, 5.74) is 0.904. The average Bonchev–Trinajstić information content (AvgIpc) is 3.03. The maximum absolute atomic E-state index is 12.8. The van der Waals surface area contributed by atoms with Crippen molar-refractivity contribution in [3.63, 3.8) is 0 Å². The number of nitrogens with one attached hydrogen (secondary N) is 1. The van der Waals surface area contributed by atoms with E-state index >= 15 is 0 Å². The van der Waals surface area contributed by atoms with Gasteiger partial charge in [-0.1, -0.05) is 24.3 Å². The van der Waals surface area contributed by atoms with E-state index in [4.69, 9.17) is 4.74 Å². The molecule has 1 unspecified atom stereocenters. The van der Waals surface area contributed by atoms with Gasteiger partial charge in [0.1, 0.15) is 5.75 Å². The molecule has 0 radical (unpaired) electrons. The number of benzene rings is 2. The van der Waals surface area contributed by atoms with Crippen molar-refractivity contribution in [1.29, 1.82) is 0 Å². The molecule has 1 heterocycles. The second-order valence-corrected chi connectivity index (χ2v) is 8.62. The summed E-state index contributed by atoms with van der Waals surface area (Å²) in [6, 6.07) is 11.4. The quantitative estimate of drug-likeness (QED) is 0.854. The molecule has 1 atom stereocenters. The predicted molar refractivity (Wildman–Crippen MR) is 97.0 cm³/mol. The van der Waals surface area contributed by atoms with Crippen LogP contribution >= 0.6 is 0 Å². The van der Waals surface area contributed by atoms with E-state index in [2.05, 4.69) is 5.32 Å². The summed E-state index contributed by atoms with van der Waals surface area (Å²) in [7, 11) is -3.29. The van der Waals surface area contributed by atoms with E-state index < -0.39 is 21.3 Å². The number of ether oxygens (including phenoxy) is 1. The van der Waals surface area contributed by atoms with Crippen molar-refractivity contribution in [3.8, 4) is 5.75 Å². The highest BCUT2D eigenvalue weighted by Crippen LogP contribution is 2.32. The van der Waals surface area contributed by atoms with Crippen LogP contribution in [0.5, 0.6) is 5.75 Å². The molecule has 0 aliphatic carbocycles. The third-order valence-electron chi connectivity index (χ3n) is 4.69. The van der Waals surface area contributed by atoms with Gasteiger partial charge in [0.05, 0.1) is 22.6 Å². The Bertz CT molecular complexity index is 909. The summed E-state index contributed by atoms with van der Waals surface area (Å²) in [5.74, 6) is -0.470. The summed E-state index contributed by atoms with van der Waals surface area (Å²) in [6.45, 7) is 2.52. The third kappa shape index (κ3) is 3.45. The van der Waals surface area contributed by atoms with E-state index in [9.17, 15) is 18.3 Å². The highest BCUT2D eigenvalue weighted by atomic mass is 32.2. The van der Waals surface area contributed by atoms with Crippen LogP contribution in [0.15, 0.2) is 47.4 Å². The van der Waals surface area contributed by atoms with Gasteiger partial charge in [0, 0.05) is 19.3 Å². The summed E-state index contributed by atoms with van der Waals surface area (Å²) >= 11 is 0. The van der Waals surface area contributed by atoms with Crippen molar-refractivity contribution in [3.05, 3.63) is 59.2 Å². The van der Waals surface area contributed by atoms with Gasteiger partial charge in [-0.2, -0.15) is 0 Å². The molecule has 26 heavy (non-hydrogen) atoms. The van der Waals surface area contributed by atoms with Crippen LogP contribution in [-0.2, 0) is 20.1 Å². The number of aryl methyl sites for hydroxylation is 1. The molecule has 0 saturated carbocycles. The fraction of sp³-hybridized carbons (Fsp3) is 0.316. The number of aromatic hydroxyl groups is 1. The Kier molecular flexibility index (Phi) is 4.77. The van der Waals surface area contributed by atoms with Crippen LogP contribution < -0.4 is 5.32 Å². The normalized spacial score (nSPS) is 20.1. The van der Waals surface area contributed by atoms with Crippen molar-refractivity contribution in [1.82, 2.24) is 5.32 Å². The zero-order chi connectivity index (χ0) is 18.9. The molecule has 7 heteroatoms. The summed E-state index contributed by atoms with van der Waals surface area (Å²) in [6.07, 6.45) is 1.71. The lowest BCUT2D eigenvalue weighted by Crippen LogP contribution is -2.46. The Morgan fingerprint density at radius 1 is 1.19 bits per heavy atom. The minimum Gasteiger partial charge on any atom is -0.507 e. The lowest BCUT2D eigenvalue weighted by atomic mass is 9.88. The summed E-state index contributed by atoms with van der Waals surface area (Å²) in [4.78, 5) is 13.0. The van der Waals surface area contributed by atoms with Crippen LogP contribution in [0.25, 0.3) is 0 Å². The topological polar surface area (TPSA) is 92.7 Å². The van der Waals surface area contributed by atoms with Gasteiger partial charge in [0.25, 0.3) is 5.91 Å². The molecule has 0 bridgehead atoms. The number of rotatable bonds is 4. The summed E-state index contributed by atoms with van der Waals surface area (Å²) < 4.78 is 28.8. The largest absolute Gasteiger partial charge is 0.507 e. The Morgan fingerprint density at radius 3 is 2.42 bits per heavy atom. The Morgan fingerprint density at radius 2 is 1.88 bits per heavy atom. The SMILES string of the molecule is Cc1cccc(O)c1C(=O)NC1(c2ccc(S(C)(=O)=O)cc2)CCOC1. The first-order chi connectivity index (χ1) is 12.2. The number of amides is 1. The fourth-order valence-electron chi connectivity index (χ4n) is 3.21. The second-order valence-electron chi connectivity index (χ2n) is 6.60. The first-order valence-corrected chi connectivity index (χ1v) is 10.1. The van der Waals surface area contributed by atoms with Crippen molar-refractivity contribution in [2.75, 3.05) is 19.5 Å². The van der Waals surface area contributed by atoms with Gasteiger partial charge >= 0.3 is 0 Å². The molecule has 2 aromatic rings. The minimum atomic E-state index is -3.29. The Labute approximate surface area is 152 Å². The lowest BCUT2D eigenvalue weighted by molar-refractivity contribution is 0.0872. The maximum Gasteiger partial charge on any atom is 0.256 e. The molecule has 2 aromatic carbocycles. The van der Waals surface area contributed by atoms with Gasteiger partial charge < -0.3 is 15.2 Å². The van der Waals surface area contributed by atoms with Crippen LogP contribution in [0.1, 0.15) is 27.9 Å². The van der Waals surface area contributed by atoms with Crippen LogP contribution in [0.4, 0.5) is 0 Å². The molecule has 1 fully saturated rings. The van der Waals surface area contributed by atoms with E-state index in [1.165, 1.54) is 18.2 Å². The van der Waals surface area contributed by atoms with Crippen molar-refractivity contribution < 1.29 is 23.1 Å². The highest BCUT2D eigenvalue weighted by molar-refractivity contribution is 7.90. The molecule has 0 spiro atoms. The van der Waals surface area contributed by atoms with E-state index in [1.54, 1.807) is 31.2 Å². The molecule has 1 amide bonds. The average molecular weight is 375 g/mol. The summed E-state index contributed by atoms with van der Waals surface area (Å²) in [5, 5.41) is 13.0. The molecular weight excluding hydrogens is 354 g/mol. The molecule has 0 aromatic heterocycles. The van der Waals surface area contributed by atoms with Gasteiger partial charge in [-0.25, -0.2) is 8.42 Å². The van der Waals surface area contributed by atoms with Crippen molar-refractivity contribution in [2.45, 2.75) is 23.8 Å². The van der Waals surface area contributed by atoms with Gasteiger partial charge in [-0.15, -0.1) is 0 Å². The zero-order valence-corrected chi connectivity index (χ0v) is 15.5. The highest BCUT2D eigenvalue weighted by Gasteiger charge is 2.39. The van der Waals surface area contributed by atoms with E-state index in [-0.39, 0.29) is 22.8 Å². The molecule has 138 valence electrons. The first kappa shape index (κ1) is 18.4. The number of hydrogen-bond donors (Lipinski definition) is 2. The molecular formula is C19H21NO5S. The van der Waals surface area contributed by atoms with Crippen molar-refractivity contribution >= 4 is 15.7 Å². The third-order valence-corrected chi connectivity index (χ3v) is 5.82. The Hall–Kier alpha value is -2.38.